The molecule has 0 aliphatic carbocycles. The van der Waals surface area contributed by atoms with Crippen LogP contribution in [0, 0.1) is 0 Å². The molecule has 2 unspecified atom stereocenters. The molecule has 0 radical (unpaired) electrons. The Bertz CT molecular complexity index is 284. The van der Waals surface area contributed by atoms with Gasteiger partial charge in [0.15, 0.2) is 0 Å². The third kappa shape index (κ3) is 6.21. The molecular weight excluding hydrogens is 254 g/mol. The molecule has 0 spiro atoms. The first-order chi connectivity index (χ1) is 7.99. The summed E-state index contributed by atoms with van der Waals surface area (Å²) in [7, 11) is 0. The zero-order valence-electron chi connectivity index (χ0n) is 11.1. The van der Waals surface area contributed by atoms with Gasteiger partial charge in [0, 0.05) is 38.0 Å². The number of carbonyl (C=O) groups excluding carboxylic acids is 2. The average molecular weight is 278 g/mol. The van der Waals surface area contributed by atoms with Crippen LogP contribution < -0.4 is 11.1 Å². The Balaban J connectivity index is 0.00000289. The highest BCUT2D eigenvalue weighted by molar-refractivity contribution is 5.85. The Labute approximate surface area is 115 Å². The lowest BCUT2D eigenvalue weighted by molar-refractivity contribution is -0.129. The Morgan fingerprint density at radius 3 is 2.67 bits per heavy atom. The fourth-order valence-corrected chi connectivity index (χ4v) is 1.98. The summed E-state index contributed by atoms with van der Waals surface area (Å²) in [5.41, 5.74) is 5.59. The second kappa shape index (κ2) is 8.32. The first kappa shape index (κ1) is 17.2. The molecule has 0 aromatic rings. The molecule has 1 saturated heterocycles. The number of rotatable bonds is 6. The van der Waals surface area contributed by atoms with E-state index in [1.54, 1.807) is 0 Å². The number of hydrogen-bond donors (Lipinski definition) is 2. The van der Waals surface area contributed by atoms with Gasteiger partial charge in [0.25, 0.3) is 0 Å². The molecule has 5 nitrogen and oxygen atoms in total. The van der Waals surface area contributed by atoms with Crippen molar-refractivity contribution in [3.8, 4) is 0 Å². The van der Waals surface area contributed by atoms with Gasteiger partial charge < -0.3 is 16.0 Å². The molecule has 0 aromatic carbocycles. The van der Waals surface area contributed by atoms with Crippen molar-refractivity contribution in [2.75, 3.05) is 13.1 Å². The highest BCUT2D eigenvalue weighted by atomic mass is 35.5. The maximum Gasteiger partial charge on any atom is 0.222 e. The van der Waals surface area contributed by atoms with Crippen LogP contribution in [0.5, 0.6) is 0 Å². The quantitative estimate of drug-likeness (QED) is 0.749. The second-order valence-corrected chi connectivity index (χ2v) is 4.93. The molecule has 1 aliphatic rings. The van der Waals surface area contributed by atoms with Gasteiger partial charge in [0.1, 0.15) is 0 Å². The van der Waals surface area contributed by atoms with Gasteiger partial charge in [0.2, 0.25) is 11.8 Å². The summed E-state index contributed by atoms with van der Waals surface area (Å²) in [4.78, 5) is 24.8. The summed E-state index contributed by atoms with van der Waals surface area (Å²) < 4.78 is 0. The van der Waals surface area contributed by atoms with Crippen LogP contribution in [0.15, 0.2) is 0 Å². The number of hydrogen-bond acceptors (Lipinski definition) is 3. The van der Waals surface area contributed by atoms with E-state index in [0.29, 0.717) is 25.8 Å². The number of nitrogens with zero attached hydrogens (tertiary/aromatic N) is 1. The van der Waals surface area contributed by atoms with E-state index in [9.17, 15) is 9.59 Å². The molecule has 2 amide bonds. The lowest BCUT2D eigenvalue weighted by atomic mass is 10.2. The molecular formula is C12H24ClN3O2. The van der Waals surface area contributed by atoms with Gasteiger partial charge in [0.05, 0.1) is 0 Å². The first-order valence-electron chi connectivity index (χ1n) is 6.31. The maximum atomic E-state index is 11.5. The van der Waals surface area contributed by atoms with E-state index in [-0.39, 0.29) is 36.3 Å². The molecule has 2 atom stereocenters. The Morgan fingerprint density at radius 1 is 1.50 bits per heavy atom. The van der Waals surface area contributed by atoms with Crippen molar-refractivity contribution in [1.29, 1.82) is 0 Å². The Morgan fingerprint density at radius 2 is 2.17 bits per heavy atom. The first-order valence-corrected chi connectivity index (χ1v) is 6.31. The fourth-order valence-electron chi connectivity index (χ4n) is 1.98. The van der Waals surface area contributed by atoms with Crippen LogP contribution in [0.4, 0.5) is 0 Å². The zero-order chi connectivity index (χ0) is 12.8. The van der Waals surface area contributed by atoms with Gasteiger partial charge in [-0.2, -0.15) is 0 Å². The number of halogens is 1. The van der Waals surface area contributed by atoms with Gasteiger partial charge in [-0.25, -0.2) is 0 Å². The van der Waals surface area contributed by atoms with Crippen molar-refractivity contribution >= 4 is 24.2 Å². The Hall–Kier alpha value is -0.810. The minimum Gasteiger partial charge on any atom is -0.352 e. The van der Waals surface area contributed by atoms with E-state index >= 15 is 0 Å². The minimum absolute atomic E-state index is 0. The second-order valence-electron chi connectivity index (χ2n) is 4.93. The topological polar surface area (TPSA) is 75.4 Å². The largest absolute Gasteiger partial charge is 0.352 e. The maximum absolute atomic E-state index is 11.5. The predicted octanol–water partition coefficient (Wildman–Crippen LogP) is 0.663. The van der Waals surface area contributed by atoms with Crippen LogP contribution in [-0.4, -0.2) is 41.9 Å². The van der Waals surface area contributed by atoms with Crippen LogP contribution in [0.2, 0.25) is 0 Å². The van der Waals surface area contributed by atoms with Crippen molar-refractivity contribution in [2.45, 2.75) is 51.6 Å². The number of nitrogens with two attached hydrogens (primary N) is 1. The van der Waals surface area contributed by atoms with E-state index < -0.39 is 0 Å². The number of likely N-dealkylation sites (tertiary alicyclic amines) is 1. The van der Waals surface area contributed by atoms with Gasteiger partial charge in [-0.15, -0.1) is 12.4 Å². The molecule has 18 heavy (non-hydrogen) atoms. The molecule has 1 aliphatic heterocycles. The van der Waals surface area contributed by atoms with Gasteiger partial charge in [-0.1, -0.05) is 0 Å². The summed E-state index contributed by atoms with van der Waals surface area (Å²) >= 11 is 0. The van der Waals surface area contributed by atoms with Crippen LogP contribution >= 0.6 is 12.4 Å². The van der Waals surface area contributed by atoms with Crippen LogP contribution in [0.1, 0.15) is 39.5 Å². The van der Waals surface area contributed by atoms with Crippen molar-refractivity contribution in [2.24, 2.45) is 5.73 Å². The van der Waals surface area contributed by atoms with E-state index in [1.807, 2.05) is 18.7 Å². The van der Waals surface area contributed by atoms with Gasteiger partial charge in [-0.05, 0) is 26.7 Å². The minimum atomic E-state index is 0. The zero-order valence-corrected chi connectivity index (χ0v) is 12.0. The highest BCUT2D eigenvalue weighted by Crippen LogP contribution is 2.09. The molecule has 1 fully saturated rings. The summed E-state index contributed by atoms with van der Waals surface area (Å²) in [6.07, 6.45) is 2.73. The normalized spacial score (nSPS) is 18.2. The average Bonchev–Trinajstić information content (AvgIpc) is 2.61. The van der Waals surface area contributed by atoms with E-state index in [1.165, 1.54) is 0 Å². The van der Waals surface area contributed by atoms with Crippen molar-refractivity contribution in [3.63, 3.8) is 0 Å². The fraction of sp³-hybridized carbons (Fsp3) is 0.833. The molecule has 0 aromatic heterocycles. The van der Waals surface area contributed by atoms with Crippen LogP contribution in [-0.2, 0) is 9.59 Å². The van der Waals surface area contributed by atoms with Gasteiger partial charge in [-0.3, -0.25) is 9.59 Å². The molecule has 106 valence electrons. The molecule has 0 bridgehead atoms. The third-order valence-corrected chi connectivity index (χ3v) is 2.90. The van der Waals surface area contributed by atoms with E-state index in [2.05, 4.69) is 5.32 Å². The Kier molecular flexibility index (Phi) is 7.95. The van der Waals surface area contributed by atoms with Crippen LogP contribution in [0.25, 0.3) is 0 Å². The number of carbonyl (C=O) groups is 2. The lowest BCUT2D eigenvalue weighted by Crippen LogP contribution is -2.42. The number of nitrogens with one attached hydrogen (secondary N) is 1. The van der Waals surface area contributed by atoms with Gasteiger partial charge >= 0.3 is 0 Å². The van der Waals surface area contributed by atoms with Crippen molar-refractivity contribution in [3.05, 3.63) is 0 Å². The summed E-state index contributed by atoms with van der Waals surface area (Å²) in [5.74, 6) is 0.211. The summed E-state index contributed by atoms with van der Waals surface area (Å²) in [6.45, 7) is 5.25. The summed E-state index contributed by atoms with van der Waals surface area (Å²) in [6, 6.07) is 0.0637. The SMILES string of the molecule is CC(N)CCC(=O)NC(C)CN1CCCC1=O.Cl. The molecule has 3 N–H and O–H groups in total. The van der Waals surface area contributed by atoms with Crippen LogP contribution in [0.3, 0.4) is 0 Å². The lowest BCUT2D eigenvalue weighted by Gasteiger charge is -2.21. The summed E-state index contributed by atoms with van der Waals surface area (Å²) in [5, 5.41) is 2.89. The van der Waals surface area contributed by atoms with Crippen molar-refractivity contribution < 1.29 is 9.59 Å². The third-order valence-electron chi connectivity index (χ3n) is 2.90. The predicted molar refractivity (Wildman–Crippen MR) is 73.6 cm³/mol. The van der Waals surface area contributed by atoms with E-state index in [4.69, 9.17) is 5.73 Å². The smallest absolute Gasteiger partial charge is 0.222 e. The standard InChI is InChI=1S/C12H23N3O2.ClH/c1-9(13)5-6-11(16)14-10(2)8-15-7-3-4-12(15)17;/h9-10H,3-8,13H2,1-2H3,(H,14,16);1H. The monoisotopic (exact) mass is 277 g/mol. The number of amides is 2. The van der Waals surface area contributed by atoms with E-state index in [0.717, 1.165) is 13.0 Å². The molecule has 0 saturated carbocycles. The molecule has 6 heteroatoms. The molecule has 1 rings (SSSR count). The highest BCUT2D eigenvalue weighted by Gasteiger charge is 2.22. The van der Waals surface area contributed by atoms with Crippen molar-refractivity contribution in [1.82, 2.24) is 10.2 Å². The molecule has 1 heterocycles.